The summed E-state index contributed by atoms with van der Waals surface area (Å²) in [4.78, 5) is 18.1. The number of amides is 1. The van der Waals surface area contributed by atoms with Crippen LogP contribution >= 0.6 is 0 Å². The third kappa shape index (κ3) is 3.76. The summed E-state index contributed by atoms with van der Waals surface area (Å²) in [7, 11) is 2.12. The van der Waals surface area contributed by atoms with Crippen molar-refractivity contribution < 1.29 is 4.79 Å². The van der Waals surface area contributed by atoms with Crippen molar-refractivity contribution >= 4 is 5.91 Å². The van der Waals surface area contributed by atoms with Gasteiger partial charge in [0.25, 0.3) is 5.91 Å². The van der Waals surface area contributed by atoms with Crippen LogP contribution in [0.2, 0.25) is 0 Å². The van der Waals surface area contributed by atoms with Crippen LogP contribution in [0.3, 0.4) is 0 Å². The number of rotatable bonds is 4. The molecule has 1 saturated heterocycles. The summed E-state index contributed by atoms with van der Waals surface area (Å²) in [5.74, 6) is 0.509. The molecule has 1 aliphatic heterocycles. The van der Waals surface area contributed by atoms with Crippen molar-refractivity contribution in [2.45, 2.75) is 12.8 Å². The first-order chi connectivity index (χ1) is 9.19. The summed E-state index contributed by atoms with van der Waals surface area (Å²) in [6, 6.07) is 5.16. The summed E-state index contributed by atoms with van der Waals surface area (Å²) in [5, 5.41) is 11.5. The zero-order valence-electron chi connectivity index (χ0n) is 11.1. The van der Waals surface area contributed by atoms with Crippen LogP contribution in [0.15, 0.2) is 18.3 Å². The zero-order chi connectivity index (χ0) is 13.7. The van der Waals surface area contributed by atoms with Crippen molar-refractivity contribution in [3.05, 3.63) is 29.6 Å². The quantitative estimate of drug-likeness (QED) is 0.875. The molecular formula is C14H18N4O. The predicted octanol–water partition coefficient (Wildman–Crippen LogP) is 1.02. The van der Waals surface area contributed by atoms with E-state index in [1.807, 2.05) is 6.07 Å². The highest BCUT2D eigenvalue weighted by molar-refractivity contribution is 5.92. The highest BCUT2D eigenvalue weighted by atomic mass is 16.1. The standard InChI is InChI=1S/C14H18N4O/c1-18-7-5-11(10-18)4-6-16-14(19)13-3-2-12(8-15)9-17-13/h2-3,9,11H,4-7,10H2,1H3,(H,16,19). The smallest absolute Gasteiger partial charge is 0.269 e. The van der Waals surface area contributed by atoms with Crippen molar-refractivity contribution in [1.29, 1.82) is 5.26 Å². The maximum absolute atomic E-state index is 11.8. The van der Waals surface area contributed by atoms with E-state index in [0.717, 1.165) is 19.5 Å². The Morgan fingerprint density at radius 3 is 3.05 bits per heavy atom. The Hall–Kier alpha value is -1.93. The minimum Gasteiger partial charge on any atom is -0.351 e. The third-order valence-corrected chi connectivity index (χ3v) is 3.45. The number of carbonyl (C=O) groups excluding carboxylic acids is 1. The molecule has 1 fully saturated rings. The van der Waals surface area contributed by atoms with Gasteiger partial charge in [-0.05, 0) is 44.5 Å². The highest BCUT2D eigenvalue weighted by Crippen LogP contribution is 2.16. The molecule has 0 bridgehead atoms. The van der Waals surface area contributed by atoms with Gasteiger partial charge in [0.05, 0.1) is 5.56 Å². The SMILES string of the molecule is CN1CCC(CCNC(=O)c2ccc(C#N)cn2)C1. The number of likely N-dealkylation sites (tertiary alicyclic amines) is 1. The van der Waals surface area contributed by atoms with Gasteiger partial charge in [0.1, 0.15) is 11.8 Å². The van der Waals surface area contributed by atoms with Crippen molar-refractivity contribution in [2.24, 2.45) is 5.92 Å². The van der Waals surface area contributed by atoms with Gasteiger partial charge < -0.3 is 10.2 Å². The fourth-order valence-electron chi connectivity index (χ4n) is 2.34. The van der Waals surface area contributed by atoms with Gasteiger partial charge in [-0.25, -0.2) is 4.98 Å². The van der Waals surface area contributed by atoms with Gasteiger partial charge in [0.15, 0.2) is 0 Å². The summed E-state index contributed by atoms with van der Waals surface area (Å²) >= 11 is 0. The van der Waals surface area contributed by atoms with E-state index in [1.165, 1.54) is 12.6 Å². The lowest BCUT2D eigenvalue weighted by molar-refractivity contribution is 0.0946. The molecule has 1 unspecified atom stereocenters. The van der Waals surface area contributed by atoms with Gasteiger partial charge in [0.2, 0.25) is 0 Å². The van der Waals surface area contributed by atoms with Gasteiger partial charge in [-0.15, -0.1) is 0 Å². The summed E-state index contributed by atoms with van der Waals surface area (Å²) in [5.41, 5.74) is 0.827. The molecule has 0 aromatic carbocycles. The lowest BCUT2D eigenvalue weighted by Gasteiger charge is -2.10. The maximum atomic E-state index is 11.8. The number of hydrogen-bond acceptors (Lipinski definition) is 4. The molecule has 0 radical (unpaired) electrons. The van der Waals surface area contributed by atoms with Crippen LogP contribution < -0.4 is 5.32 Å². The second kappa shape index (κ2) is 6.30. The second-order valence-electron chi connectivity index (χ2n) is 5.01. The van der Waals surface area contributed by atoms with Crippen molar-refractivity contribution in [3.63, 3.8) is 0 Å². The van der Waals surface area contributed by atoms with E-state index in [1.54, 1.807) is 12.1 Å². The van der Waals surface area contributed by atoms with Crippen molar-refractivity contribution in [3.8, 4) is 6.07 Å². The molecule has 5 heteroatoms. The average Bonchev–Trinajstić information content (AvgIpc) is 2.84. The average molecular weight is 258 g/mol. The molecule has 0 spiro atoms. The Bertz CT molecular complexity index is 477. The molecule has 0 saturated carbocycles. The summed E-state index contributed by atoms with van der Waals surface area (Å²) < 4.78 is 0. The number of nitriles is 1. The third-order valence-electron chi connectivity index (χ3n) is 3.45. The Kier molecular flexibility index (Phi) is 4.48. The van der Waals surface area contributed by atoms with Crippen LogP contribution in [0.1, 0.15) is 28.9 Å². The summed E-state index contributed by atoms with van der Waals surface area (Å²) in [6.07, 6.45) is 3.63. The number of aromatic nitrogens is 1. The van der Waals surface area contributed by atoms with Gasteiger partial charge in [-0.2, -0.15) is 5.26 Å². The van der Waals surface area contributed by atoms with Crippen molar-refractivity contribution in [2.75, 3.05) is 26.7 Å². The van der Waals surface area contributed by atoms with E-state index >= 15 is 0 Å². The molecule has 2 rings (SSSR count). The fourth-order valence-corrected chi connectivity index (χ4v) is 2.34. The van der Waals surface area contributed by atoms with Crippen LogP contribution in [0, 0.1) is 17.2 Å². The molecule has 0 aliphatic carbocycles. The lowest BCUT2D eigenvalue weighted by Crippen LogP contribution is -2.27. The largest absolute Gasteiger partial charge is 0.351 e. The van der Waals surface area contributed by atoms with Crippen LogP contribution in [0.25, 0.3) is 0 Å². The molecule has 1 aromatic heterocycles. The number of nitrogens with one attached hydrogen (secondary N) is 1. The first-order valence-corrected chi connectivity index (χ1v) is 6.52. The van der Waals surface area contributed by atoms with Gasteiger partial charge in [-0.3, -0.25) is 4.79 Å². The van der Waals surface area contributed by atoms with Crippen LogP contribution in [-0.4, -0.2) is 42.5 Å². The Morgan fingerprint density at radius 1 is 1.63 bits per heavy atom. The minimum atomic E-state index is -0.171. The fraction of sp³-hybridized carbons (Fsp3) is 0.500. The van der Waals surface area contributed by atoms with E-state index in [2.05, 4.69) is 22.2 Å². The molecule has 1 atom stereocenters. The van der Waals surface area contributed by atoms with Gasteiger partial charge in [0, 0.05) is 19.3 Å². The topological polar surface area (TPSA) is 69.0 Å². The Morgan fingerprint density at radius 2 is 2.47 bits per heavy atom. The maximum Gasteiger partial charge on any atom is 0.269 e. The van der Waals surface area contributed by atoms with E-state index in [0.29, 0.717) is 23.7 Å². The normalized spacial score (nSPS) is 19.1. The summed E-state index contributed by atoms with van der Waals surface area (Å²) in [6.45, 7) is 2.94. The Labute approximate surface area is 113 Å². The Balaban J connectivity index is 1.76. The van der Waals surface area contributed by atoms with E-state index in [9.17, 15) is 4.79 Å². The first-order valence-electron chi connectivity index (χ1n) is 6.52. The highest BCUT2D eigenvalue weighted by Gasteiger charge is 2.19. The molecule has 1 N–H and O–H groups in total. The van der Waals surface area contributed by atoms with E-state index in [-0.39, 0.29) is 5.91 Å². The van der Waals surface area contributed by atoms with Crippen LogP contribution in [0.5, 0.6) is 0 Å². The number of hydrogen-bond donors (Lipinski definition) is 1. The van der Waals surface area contributed by atoms with E-state index < -0.39 is 0 Å². The molecule has 1 aliphatic rings. The molecule has 2 heterocycles. The molecule has 100 valence electrons. The number of pyridine rings is 1. The molecule has 1 aromatic rings. The van der Waals surface area contributed by atoms with Gasteiger partial charge >= 0.3 is 0 Å². The van der Waals surface area contributed by atoms with Crippen LogP contribution in [0.4, 0.5) is 0 Å². The lowest BCUT2D eigenvalue weighted by atomic mass is 10.1. The first kappa shape index (κ1) is 13.5. The predicted molar refractivity (Wildman–Crippen MR) is 71.5 cm³/mol. The molecule has 19 heavy (non-hydrogen) atoms. The van der Waals surface area contributed by atoms with Crippen LogP contribution in [-0.2, 0) is 0 Å². The molecule has 1 amide bonds. The zero-order valence-corrected chi connectivity index (χ0v) is 11.1. The minimum absolute atomic E-state index is 0.171. The van der Waals surface area contributed by atoms with Gasteiger partial charge in [-0.1, -0.05) is 0 Å². The molecular weight excluding hydrogens is 240 g/mol. The monoisotopic (exact) mass is 258 g/mol. The molecule has 5 nitrogen and oxygen atoms in total. The number of carbonyl (C=O) groups is 1. The second-order valence-corrected chi connectivity index (χ2v) is 5.01. The number of nitrogens with zero attached hydrogens (tertiary/aromatic N) is 3. The van der Waals surface area contributed by atoms with E-state index in [4.69, 9.17) is 5.26 Å². The van der Waals surface area contributed by atoms with Crippen molar-refractivity contribution in [1.82, 2.24) is 15.2 Å².